The number of nitrogens with zero attached hydrogens (tertiary/aromatic N) is 2. The molecule has 2 aromatic carbocycles. The maximum Gasteiger partial charge on any atom is 0.349 e. The highest BCUT2D eigenvalue weighted by atomic mass is 16.3. The molecule has 3 aromatic rings. The van der Waals surface area contributed by atoms with Crippen LogP contribution in [0.3, 0.4) is 0 Å². The summed E-state index contributed by atoms with van der Waals surface area (Å²) < 4.78 is 0.738. The van der Waals surface area contributed by atoms with Crippen molar-refractivity contribution in [1.82, 2.24) is 9.66 Å². The molecule has 0 aliphatic rings. The van der Waals surface area contributed by atoms with Crippen molar-refractivity contribution < 1.29 is 5.11 Å². The van der Waals surface area contributed by atoms with Gasteiger partial charge in [0.15, 0.2) is 0 Å². The summed E-state index contributed by atoms with van der Waals surface area (Å²) in [4.78, 5) is 26.8. The zero-order chi connectivity index (χ0) is 15.7. The van der Waals surface area contributed by atoms with E-state index in [1.165, 1.54) is 6.21 Å². The van der Waals surface area contributed by atoms with Crippen LogP contribution in [-0.4, -0.2) is 21.0 Å². The Morgan fingerprint density at radius 1 is 1.18 bits per heavy atom. The molecule has 0 bridgehead atoms. The lowest BCUT2D eigenvalue weighted by Gasteiger charge is -2.02. The van der Waals surface area contributed by atoms with Crippen LogP contribution in [0, 0.1) is 6.92 Å². The molecular formula is C16H13N3O3. The summed E-state index contributed by atoms with van der Waals surface area (Å²) in [6.07, 6.45) is 1.28. The fourth-order valence-electron chi connectivity index (χ4n) is 2.14. The first-order valence-electron chi connectivity index (χ1n) is 6.64. The van der Waals surface area contributed by atoms with Gasteiger partial charge >= 0.3 is 5.69 Å². The van der Waals surface area contributed by atoms with E-state index in [9.17, 15) is 14.7 Å². The predicted octanol–water partition coefficient (Wildman–Crippen LogP) is 1.59. The Bertz CT molecular complexity index is 999. The number of aromatic amines is 1. The van der Waals surface area contributed by atoms with E-state index >= 15 is 0 Å². The number of H-pyrrole nitrogens is 1. The van der Waals surface area contributed by atoms with Crippen LogP contribution in [0.4, 0.5) is 0 Å². The second kappa shape index (κ2) is 5.33. The van der Waals surface area contributed by atoms with Crippen LogP contribution in [0.2, 0.25) is 0 Å². The zero-order valence-electron chi connectivity index (χ0n) is 11.8. The van der Waals surface area contributed by atoms with Crippen molar-refractivity contribution in [1.29, 1.82) is 0 Å². The molecule has 0 saturated heterocycles. The van der Waals surface area contributed by atoms with Gasteiger partial charge in [-0.25, -0.2) is 4.79 Å². The van der Waals surface area contributed by atoms with E-state index in [0.717, 1.165) is 10.2 Å². The number of phenols is 1. The Morgan fingerprint density at radius 2 is 1.95 bits per heavy atom. The number of aromatic nitrogens is 2. The molecule has 6 heteroatoms. The summed E-state index contributed by atoms with van der Waals surface area (Å²) in [6, 6.07) is 11.7. The van der Waals surface area contributed by atoms with Gasteiger partial charge in [0.1, 0.15) is 5.75 Å². The molecule has 0 saturated carbocycles. The molecule has 3 rings (SSSR count). The lowest BCUT2D eigenvalue weighted by molar-refractivity contribution is 0.474. The SMILES string of the molecule is Cc1ccc(C=Nn2c(=O)[nH]c3ccccc3c2=O)c(O)c1. The molecule has 0 unspecified atom stereocenters. The molecule has 0 atom stereocenters. The van der Waals surface area contributed by atoms with Crippen LogP contribution in [0.1, 0.15) is 11.1 Å². The number of hydrogen-bond donors (Lipinski definition) is 2. The predicted molar refractivity (Wildman–Crippen MR) is 84.7 cm³/mol. The van der Waals surface area contributed by atoms with Gasteiger partial charge in [-0.1, -0.05) is 18.2 Å². The fourth-order valence-corrected chi connectivity index (χ4v) is 2.14. The molecule has 1 heterocycles. The monoisotopic (exact) mass is 295 g/mol. The summed E-state index contributed by atoms with van der Waals surface area (Å²) in [7, 11) is 0. The minimum Gasteiger partial charge on any atom is -0.507 e. The molecule has 0 aliphatic carbocycles. The molecule has 0 spiro atoms. The van der Waals surface area contributed by atoms with E-state index in [2.05, 4.69) is 10.1 Å². The van der Waals surface area contributed by atoms with Crippen LogP contribution < -0.4 is 11.2 Å². The molecule has 1 aromatic heterocycles. The van der Waals surface area contributed by atoms with Gasteiger partial charge in [0.25, 0.3) is 5.56 Å². The van der Waals surface area contributed by atoms with Gasteiger partial charge in [0, 0.05) is 5.56 Å². The summed E-state index contributed by atoms with van der Waals surface area (Å²) in [5, 5.41) is 14.1. The highest BCUT2D eigenvalue weighted by molar-refractivity contribution is 5.83. The van der Waals surface area contributed by atoms with Crippen molar-refractivity contribution in [3.05, 3.63) is 74.4 Å². The number of aromatic hydroxyl groups is 1. The van der Waals surface area contributed by atoms with Gasteiger partial charge in [-0.3, -0.25) is 4.79 Å². The molecule has 0 amide bonds. The van der Waals surface area contributed by atoms with Crippen LogP contribution in [0.25, 0.3) is 10.9 Å². The van der Waals surface area contributed by atoms with E-state index < -0.39 is 11.2 Å². The molecule has 110 valence electrons. The van der Waals surface area contributed by atoms with Crippen molar-refractivity contribution in [2.75, 3.05) is 0 Å². The van der Waals surface area contributed by atoms with Crippen LogP contribution in [-0.2, 0) is 0 Å². The number of hydrogen-bond acceptors (Lipinski definition) is 4. The lowest BCUT2D eigenvalue weighted by Crippen LogP contribution is -2.32. The van der Waals surface area contributed by atoms with Crippen LogP contribution in [0.15, 0.2) is 57.2 Å². The molecule has 2 N–H and O–H groups in total. The number of benzene rings is 2. The quantitative estimate of drug-likeness (QED) is 0.704. The van der Waals surface area contributed by atoms with Crippen molar-refractivity contribution in [3.8, 4) is 5.75 Å². The molecule has 0 radical (unpaired) electrons. The van der Waals surface area contributed by atoms with Gasteiger partial charge in [0.2, 0.25) is 0 Å². The van der Waals surface area contributed by atoms with Crippen molar-refractivity contribution >= 4 is 17.1 Å². The Labute approximate surface area is 125 Å². The van der Waals surface area contributed by atoms with E-state index in [-0.39, 0.29) is 5.75 Å². The summed E-state index contributed by atoms with van der Waals surface area (Å²) in [5.41, 5.74) is 0.635. The first-order chi connectivity index (χ1) is 10.6. The Hall–Kier alpha value is -3.15. The molecule has 0 fully saturated rings. The number of rotatable bonds is 2. The largest absolute Gasteiger partial charge is 0.507 e. The van der Waals surface area contributed by atoms with Crippen LogP contribution in [0.5, 0.6) is 5.75 Å². The van der Waals surface area contributed by atoms with Gasteiger partial charge in [-0.05, 0) is 36.8 Å². The second-order valence-electron chi connectivity index (χ2n) is 4.90. The van der Waals surface area contributed by atoms with Gasteiger partial charge in [-0.2, -0.15) is 5.10 Å². The molecule has 0 aliphatic heterocycles. The first kappa shape index (κ1) is 13.8. The average Bonchev–Trinajstić information content (AvgIpc) is 2.49. The van der Waals surface area contributed by atoms with Gasteiger partial charge in [0.05, 0.1) is 17.1 Å². The molecule has 6 nitrogen and oxygen atoms in total. The van der Waals surface area contributed by atoms with Crippen molar-refractivity contribution in [3.63, 3.8) is 0 Å². The Morgan fingerprint density at radius 3 is 2.73 bits per heavy atom. The molecular weight excluding hydrogens is 282 g/mol. The van der Waals surface area contributed by atoms with E-state index in [1.807, 2.05) is 6.92 Å². The average molecular weight is 295 g/mol. The topological polar surface area (TPSA) is 87.5 Å². The maximum absolute atomic E-state index is 12.3. The number of aryl methyl sites for hydroxylation is 1. The van der Waals surface area contributed by atoms with Gasteiger partial charge < -0.3 is 10.1 Å². The third-order valence-electron chi connectivity index (χ3n) is 3.28. The third kappa shape index (κ3) is 2.42. The fraction of sp³-hybridized carbons (Fsp3) is 0.0625. The van der Waals surface area contributed by atoms with E-state index in [1.54, 1.807) is 42.5 Å². The summed E-state index contributed by atoms with van der Waals surface area (Å²) in [6.45, 7) is 1.85. The summed E-state index contributed by atoms with van der Waals surface area (Å²) >= 11 is 0. The van der Waals surface area contributed by atoms with E-state index in [4.69, 9.17) is 0 Å². The first-order valence-corrected chi connectivity index (χ1v) is 6.64. The maximum atomic E-state index is 12.3. The smallest absolute Gasteiger partial charge is 0.349 e. The number of fused-ring (bicyclic) bond motifs is 1. The zero-order valence-corrected chi connectivity index (χ0v) is 11.8. The highest BCUT2D eigenvalue weighted by Gasteiger charge is 2.06. The normalized spacial score (nSPS) is 11.3. The minimum absolute atomic E-state index is 0.0361. The van der Waals surface area contributed by atoms with Crippen molar-refractivity contribution in [2.45, 2.75) is 6.92 Å². The van der Waals surface area contributed by atoms with Crippen LogP contribution >= 0.6 is 0 Å². The number of para-hydroxylation sites is 1. The molecule has 22 heavy (non-hydrogen) atoms. The number of phenolic OH excluding ortho intramolecular Hbond substituents is 1. The third-order valence-corrected chi connectivity index (χ3v) is 3.28. The lowest BCUT2D eigenvalue weighted by atomic mass is 10.1. The minimum atomic E-state index is -0.633. The van der Waals surface area contributed by atoms with Gasteiger partial charge in [-0.15, -0.1) is 4.68 Å². The standard InChI is InChI=1S/C16H13N3O3/c1-10-6-7-11(14(20)8-10)9-17-19-15(21)12-4-2-3-5-13(12)18-16(19)22/h2-9,20H,1H3,(H,18,22). The highest BCUT2D eigenvalue weighted by Crippen LogP contribution is 2.16. The number of nitrogens with one attached hydrogen (secondary N) is 1. The Kier molecular flexibility index (Phi) is 3.34. The Balaban J connectivity index is 2.13. The van der Waals surface area contributed by atoms with Crippen molar-refractivity contribution in [2.24, 2.45) is 5.10 Å². The summed E-state index contributed by atoms with van der Waals surface area (Å²) in [5.74, 6) is 0.0361. The second-order valence-corrected chi connectivity index (χ2v) is 4.90. The van der Waals surface area contributed by atoms with E-state index in [0.29, 0.717) is 16.5 Å².